The van der Waals surface area contributed by atoms with Crippen molar-refractivity contribution in [3.8, 4) is 12.3 Å². The van der Waals surface area contributed by atoms with Crippen LogP contribution in [0.25, 0.3) is 0 Å². The topological polar surface area (TPSA) is 15.3 Å². The monoisotopic (exact) mass is 240 g/mol. The zero-order valence-corrected chi connectivity index (χ0v) is 11.6. The molecule has 0 aromatic rings. The number of rotatable bonds is 5. The zero-order valence-electron chi connectivity index (χ0n) is 10.8. The molecular formula is C13H24N2S. The summed E-state index contributed by atoms with van der Waals surface area (Å²) in [7, 11) is 0. The van der Waals surface area contributed by atoms with Crippen LogP contribution in [0.1, 0.15) is 27.2 Å². The SMILES string of the molecule is C#CCSCCN1CC(C)(C)NCC1CC. The lowest BCUT2D eigenvalue weighted by Crippen LogP contribution is -2.61. The first-order valence-corrected chi connectivity index (χ1v) is 7.25. The van der Waals surface area contributed by atoms with E-state index in [4.69, 9.17) is 6.42 Å². The van der Waals surface area contributed by atoms with Crippen LogP contribution >= 0.6 is 11.8 Å². The molecular weight excluding hydrogens is 216 g/mol. The molecule has 2 nitrogen and oxygen atoms in total. The van der Waals surface area contributed by atoms with Gasteiger partial charge in [-0.25, -0.2) is 0 Å². The molecule has 0 aromatic carbocycles. The number of nitrogens with zero attached hydrogens (tertiary/aromatic N) is 1. The van der Waals surface area contributed by atoms with Crippen LogP contribution < -0.4 is 5.32 Å². The zero-order chi connectivity index (χ0) is 12.0. The summed E-state index contributed by atoms with van der Waals surface area (Å²) in [6.45, 7) is 10.2. The second-order valence-corrected chi connectivity index (χ2v) is 6.16. The van der Waals surface area contributed by atoms with Gasteiger partial charge in [-0.05, 0) is 20.3 Å². The summed E-state index contributed by atoms with van der Waals surface area (Å²) in [5.41, 5.74) is 0.252. The molecule has 0 radical (unpaired) electrons. The Morgan fingerprint density at radius 2 is 2.31 bits per heavy atom. The van der Waals surface area contributed by atoms with Crippen molar-refractivity contribution >= 4 is 11.8 Å². The Kier molecular flexibility index (Phi) is 5.68. The lowest BCUT2D eigenvalue weighted by molar-refractivity contribution is 0.0996. The number of terminal acetylenes is 1. The second-order valence-electron chi connectivity index (χ2n) is 5.05. The Morgan fingerprint density at radius 3 is 2.94 bits per heavy atom. The van der Waals surface area contributed by atoms with E-state index in [-0.39, 0.29) is 5.54 Å². The minimum atomic E-state index is 0.252. The number of nitrogens with one attached hydrogen (secondary N) is 1. The first-order valence-electron chi connectivity index (χ1n) is 6.09. The van der Waals surface area contributed by atoms with Crippen LogP contribution in [0.15, 0.2) is 0 Å². The number of hydrogen-bond donors (Lipinski definition) is 1. The molecule has 1 aliphatic rings. The molecule has 1 atom stereocenters. The summed E-state index contributed by atoms with van der Waals surface area (Å²) in [4.78, 5) is 2.61. The third-order valence-corrected chi connectivity index (χ3v) is 3.95. The maximum atomic E-state index is 5.25. The fourth-order valence-corrected chi connectivity index (χ4v) is 2.82. The fraction of sp³-hybridized carbons (Fsp3) is 0.846. The van der Waals surface area contributed by atoms with Crippen molar-refractivity contribution in [3.05, 3.63) is 0 Å². The molecule has 1 unspecified atom stereocenters. The Hall–Kier alpha value is -0.170. The quantitative estimate of drug-likeness (QED) is 0.583. The molecule has 0 spiro atoms. The van der Waals surface area contributed by atoms with Gasteiger partial charge < -0.3 is 5.32 Å². The third kappa shape index (κ3) is 4.37. The Bertz CT molecular complexity index is 245. The van der Waals surface area contributed by atoms with Gasteiger partial charge in [0.1, 0.15) is 0 Å². The number of thioether (sulfide) groups is 1. The molecule has 1 heterocycles. The molecule has 0 aromatic heterocycles. The molecule has 3 heteroatoms. The van der Waals surface area contributed by atoms with E-state index in [0.29, 0.717) is 6.04 Å². The second kappa shape index (κ2) is 6.54. The van der Waals surface area contributed by atoms with Gasteiger partial charge in [0.2, 0.25) is 0 Å². The summed E-state index contributed by atoms with van der Waals surface area (Å²) in [6.07, 6.45) is 6.47. The minimum Gasteiger partial charge on any atom is -0.309 e. The van der Waals surface area contributed by atoms with Crippen LogP contribution in [0, 0.1) is 12.3 Å². The van der Waals surface area contributed by atoms with Gasteiger partial charge in [0, 0.05) is 37.0 Å². The average Bonchev–Trinajstić information content (AvgIpc) is 2.24. The van der Waals surface area contributed by atoms with Gasteiger partial charge in [0.15, 0.2) is 0 Å². The van der Waals surface area contributed by atoms with Crippen molar-refractivity contribution in [2.45, 2.75) is 38.8 Å². The predicted molar refractivity (Wildman–Crippen MR) is 73.9 cm³/mol. The molecule has 1 rings (SSSR count). The summed E-state index contributed by atoms with van der Waals surface area (Å²) >= 11 is 1.86. The van der Waals surface area contributed by atoms with Gasteiger partial charge in [-0.15, -0.1) is 18.2 Å². The van der Waals surface area contributed by atoms with Crippen molar-refractivity contribution in [1.82, 2.24) is 10.2 Å². The first-order chi connectivity index (χ1) is 7.59. The molecule has 0 saturated carbocycles. The smallest absolute Gasteiger partial charge is 0.0545 e. The maximum absolute atomic E-state index is 5.25. The molecule has 1 fully saturated rings. The molecule has 1 aliphatic heterocycles. The normalized spacial score (nSPS) is 25.2. The van der Waals surface area contributed by atoms with Crippen LogP contribution in [0.3, 0.4) is 0 Å². The highest BCUT2D eigenvalue weighted by atomic mass is 32.2. The van der Waals surface area contributed by atoms with Gasteiger partial charge in [0.05, 0.1) is 5.75 Å². The Labute approximate surface area is 105 Å². The summed E-state index contributed by atoms with van der Waals surface area (Å²) in [5, 5.41) is 3.61. The summed E-state index contributed by atoms with van der Waals surface area (Å²) < 4.78 is 0. The van der Waals surface area contributed by atoms with Crippen LogP contribution in [0.2, 0.25) is 0 Å². The van der Waals surface area contributed by atoms with Crippen LogP contribution in [0.5, 0.6) is 0 Å². The Balaban J connectivity index is 2.37. The molecule has 16 heavy (non-hydrogen) atoms. The Morgan fingerprint density at radius 1 is 1.56 bits per heavy atom. The molecule has 1 N–H and O–H groups in total. The van der Waals surface area contributed by atoms with E-state index in [0.717, 1.165) is 31.1 Å². The van der Waals surface area contributed by atoms with E-state index in [1.807, 2.05) is 11.8 Å². The highest BCUT2D eigenvalue weighted by molar-refractivity contribution is 7.99. The van der Waals surface area contributed by atoms with Gasteiger partial charge in [-0.1, -0.05) is 12.8 Å². The highest BCUT2D eigenvalue weighted by Crippen LogP contribution is 2.17. The highest BCUT2D eigenvalue weighted by Gasteiger charge is 2.30. The number of piperazine rings is 1. The standard InChI is InChI=1S/C13H24N2S/c1-5-8-16-9-7-15-11-13(3,4)14-10-12(15)6-2/h1,12,14H,6-11H2,2-4H3. The van der Waals surface area contributed by atoms with Gasteiger partial charge in [0.25, 0.3) is 0 Å². The molecule has 92 valence electrons. The van der Waals surface area contributed by atoms with E-state index in [9.17, 15) is 0 Å². The van der Waals surface area contributed by atoms with Crippen molar-refractivity contribution in [1.29, 1.82) is 0 Å². The van der Waals surface area contributed by atoms with E-state index in [2.05, 4.69) is 36.9 Å². The first kappa shape index (κ1) is 13.9. The van der Waals surface area contributed by atoms with Crippen LogP contribution in [0.4, 0.5) is 0 Å². The van der Waals surface area contributed by atoms with E-state index in [1.54, 1.807) is 0 Å². The lowest BCUT2D eigenvalue weighted by Gasteiger charge is -2.44. The lowest BCUT2D eigenvalue weighted by atomic mass is 9.98. The van der Waals surface area contributed by atoms with Crippen LogP contribution in [-0.4, -0.2) is 47.6 Å². The largest absolute Gasteiger partial charge is 0.309 e. The van der Waals surface area contributed by atoms with Gasteiger partial charge >= 0.3 is 0 Å². The summed E-state index contributed by atoms with van der Waals surface area (Å²) in [5.74, 6) is 4.67. The van der Waals surface area contributed by atoms with E-state index in [1.165, 1.54) is 6.42 Å². The van der Waals surface area contributed by atoms with Crippen LogP contribution in [-0.2, 0) is 0 Å². The third-order valence-electron chi connectivity index (χ3n) is 3.11. The van der Waals surface area contributed by atoms with Gasteiger partial charge in [-0.3, -0.25) is 4.90 Å². The molecule has 0 aliphatic carbocycles. The number of hydrogen-bond acceptors (Lipinski definition) is 3. The van der Waals surface area contributed by atoms with Crippen molar-refractivity contribution < 1.29 is 0 Å². The fourth-order valence-electron chi connectivity index (χ4n) is 2.19. The maximum Gasteiger partial charge on any atom is 0.0545 e. The predicted octanol–water partition coefficient (Wildman–Crippen LogP) is 1.82. The van der Waals surface area contributed by atoms with Crippen molar-refractivity contribution in [3.63, 3.8) is 0 Å². The van der Waals surface area contributed by atoms with Crippen molar-refractivity contribution in [2.24, 2.45) is 0 Å². The van der Waals surface area contributed by atoms with E-state index < -0.39 is 0 Å². The molecule has 0 bridgehead atoms. The van der Waals surface area contributed by atoms with Crippen molar-refractivity contribution in [2.75, 3.05) is 31.1 Å². The van der Waals surface area contributed by atoms with E-state index >= 15 is 0 Å². The van der Waals surface area contributed by atoms with Gasteiger partial charge in [-0.2, -0.15) is 0 Å². The molecule has 1 saturated heterocycles. The minimum absolute atomic E-state index is 0.252. The molecule has 0 amide bonds. The average molecular weight is 240 g/mol. The summed E-state index contributed by atoms with van der Waals surface area (Å²) in [6, 6.07) is 0.694.